The van der Waals surface area contributed by atoms with Crippen LogP contribution in [-0.4, -0.2) is 19.4 Å². The van der Waals surface area contributed by atoms with Gasteiger partial charge in [0.15, 0.2) is 0 Å². The number of nitriles is 1. The molecule has 0 spiro atoms. The zero-order chi connectivity index (χ0) is 20.9. The van der Waals surface area contributed by atoms with Crippen molar-refractivity contribution in [2.75, 3.05) is 10.6 Å². The molecule has 0 unspecified atom stereocenters. The highest BCUT2D eigenvalue weighted by molar-refractivity contribution is 7.71. The van der Waals surface area contributed by atoms with Crippen LogP contribution in [0.4, 0.5) is 11.4 Å². The van der Waals surface area contributed by atoms with Crippen molar-refractivity contribution in [3.8, 4) is 6.07 Å². The van der Waals surface area contributed by atoms with Gasteiger partial charge in [-0.25, -0.2) is 8.42 Å². The van der Waals surface area contributed by atoms with Crippen LogP contribution in [0.3, 0.4) is 0 Å². The molecule has 1 saturated carbocycles. The van der Waals surface area contributed by atoms with Crippen LogP contribution in [0.2, 0.25) is 0 Å². The molecule has 6 nitrogen and oxygen atoms in total. The molecule has 2 aromatic carbocycles. The summed E-state index contributed by atoms with van der Waals surface area (Å²) in [5, 5.41) is 17.5. The normalized spacial score (nSPS) is 14.1. The average Bonchev–Trinajstić information content (AvgIpc) is 3.25. The predicted octanol–water partition coefficient (Wildman–Crippen LogP) is 4.18. The molecular weight excluding hydrogens is 396 g/mol. The van der Waals surface area contributed by atoms with E-state index in [1.807, 2.05) is 42.5 Å². The number of fused-ring (bicyclic) bond motifs is 1. The van der Waals surface area contributed by atoms with E-state index in [0.29, 0.717) is 18.2 Å². The summed E-state index contributed by atoms with van der Waals surface area (Å²) in [4.78, 5) is 4.44. The summed E-state index contributed by atoms with van der Waals surface area (Å²) in [6.45, 7) is 0.575. The minimum Gasteiger partial charge on any atom is -0.381 e. The van der Waals surface area contributed by atoms with E-state index >= 15 is 0 Å². The quantitative estimate of drug-likeness (QED) is 0.496. The van der Waals surface area contributed by atoms with Crippen LogP contribution in [0.1, 0.15) is 42.4 Å². The zero-order valence-electron chi connectivity index (χ0n) is 16.6. The van der Waals surface area contributed by atoms with Crippen molar-refractivity contribution in [3.63, 3.8) is 0 Å². The number of hydrogen-bond donors (Lipinski definition) is 3. The topological polar surface area (TPSA) is 94.9 Å². The Bertz CT molecular complexity index is 1170. The standard InChI is InChI=1S/C23H24N4O2S/c24-12-18-14-26-22-9-8-20(11-21(22)23(18)27-19-6-1-2-7-19)25-13-16-4-3-5-17(10-16)15-30(28)29/h3-5,8-11,14,19,25,30H,1-2,6-7,13,15H2,(H,26,27). The summed E-state index contributed by atoms with van der Waals surface area (Å²) in [6, 6.07) is 16.2. The Labute approximate surface area is 177 Å². The van der Waals surface area contributed by atoms with Crippen LogP contribution in [0.5, 0.6) is 0 Å². The molecule has 0 radical (unpaired) electrons. The van der Waals surface area contributed by atoms with Crippen molar-refractivity contribution in [2.45, 2.75) is 44.0 Å². The SMILES string of the molecule is N#Cc1cnc2ccc(NCc3cccc(C[SH](=O)=O)c3)cc2c1NC1CCCC1. The molecule has 3 aromatic rings. The Balaban J connectivity index is 1.58. The van der Waals surface area contributed by atoms with Gasteiger partial charge in [-0.05, 0) is 42.2 Å². The smallest absolute Gasteiger partial charge is 0.144 e. The van der Waals surface area contributed by atoms with Crippen molar-refractivity contribution in [1.29, 1.82) is 5.26 Å². The minimum absolute atomic E-state index is 0.0535. The average molecular weight is 421 g/mol. The number of hydrogen-bond acceptors (Lipinski definition) is 6. The van der Waals surface area contributed by atoms with Gasteiger partial charge in [0.2, 0.25) is 0 Å². The zero-order valence-corrected chi connectivity index (χ0v) is 17.5. The fourth-order valence-corrected chi connectivity index (χ4v) is 4.50. The van der Waals surface area contributed by atoms with Crippen LogP contribution in [0.25, 0.3) is 10.9 Å². The van der Waals surface area contributed by atoms with Crippen molar-refractivity contribution >= 4 is 33.0 Å². The molecule has 1 aromatic heterocycles. The minimum atomic E-state index is -2.44. The first kappa shape index (κ1) is 20.2. The summed E-state index contributed by atoms with van der Waals surface area (Å²) in [5.41, 5.74) is 4.99. The van der Waals surface area contributed by atoms with Gasteiger partial charge >= 0.3 is 0 Å². The molecule has 4 rings (SSSR count). The fourth-order valence-electron chi connectivity index (χ4n) is 4.01. The van der Waals surface area contributed by atoms with E-state index in [1.165, 1.54) is 12.8 Å². The van der Waals surface area contributed by atoms with Gasteiger partial charge in [-0.2, -0.15) is 5.26 Å². The molecule has 0 bridgehead atoms. The number of thiol groups is 1. The molecule has 0 saturated heterocycles. The van der Waals surface area contributed by atoms with Crippen LogP contribution in [0, 0.1) is 11.3 Å². The van der Waals surface area contributed by atoms with Gasteiger partial charge in [-0.15, -0.1) is 0 Å². The van der Waals surface area contributed by atoms with Crippen LogP contribution in [-0.2, 0) is 23.0 Å². The lowest BCUT2D eigenvalue weighted by molar-refractivity contribution is 0.614. The van der Waals surface area contributed by atoms with E-state index in [2.05, 4.69) is 21.7 Å². The van der Waals surface area contributed by atoms with Crippen LogP contribution in [0.15, 0.2) is 48.7 Å². The molecule has 30 heavy (non-hydrogen) atoms. The summed E-state index contributed by atoms with van der Waals surface area (Å²) in [5.74, 6) is 0.0535. The van der Waals surface area contributed by atoms with E-state index in [4.69, 9.17) is 0 Å². The van der Waals surface area contributed by atoms with E-state index in [1.54, 1.807) is 6.20 Å². The first-order valence-corrected chi connectivity index (χ1v) is 11.5. The number of aromatic nitrogens is 1. The van der Waals surface area contributed by atoms with Crippen LogP contribution >= 0.6 is 0 Å². The van der Waals surface area contributed by atoms with Gasteiger partial charge in [-0.1, -0.05) is 37.1 Å². The predicted molar refractivity (Wildman–Crippen MR) is 120 cm³/mol. The number of rotatable bonds is 7. The monoisotopic (exact) mass is 420 g/mol. The van der Waals surface area contributed by atoms with Crippen molar-refractivity contribution < 1.29 is 8.42 Å². The third kappa shape index (κ3) is 4.71. The molecule has 7 heteroatoms. The highest BCUT2D eigenvalue weighted by Gasteiger charge is 2.18. The Hall–Kier alpha value is -3.11. The van der Waals surface area contributed by atoms with Crippen LogP contribution < -0.4 is 10.6 Å². The second-order valence-electron chi connectivity index (χ2n) is 7.68. The summed E-state index contributed by atoms with van der Waals surface area (Å²) >= 11 is 0. The maximum Gasteiger partial charge on any atom is 0.144 e. The molecule has 0 aliphatic heterocycles. The van der Waals surface area contributed by atoms with E-state index in [9.17, 15) is 13.7 Å². The van der Waals surface area contributed by atoms with E-state index < -0.39 is 10.7 Å². The first-order valence-electron chi connectivity index (χ1n) is 10.2. The van der Waals surface area contributed by atoms with Gasteiger partial charge in [0.05, 0.1) is 22.5 Å². The van der Waals surface area contributed by atoms with E-state index in [0.717, 1.165) is 46.2 Å². The summed E-state index contributed by atoms with van der Waals surface area (Å²) < 4.78 is 22.0. The lowest BCUT2D eigenvalue weighted by atomic mass is 10.1. The number of pyridine rings is 1. The molecule has 1 aliphatic rings. The third-order valence-corrected chi connectivity index (χ3v) is 6.12. The lowest BCUT2D eigenvalue weighted by Crippen LogP contribution is -2.16. The number of anilines is 2. The second kappa shape index (κ2) is 9.14. The van der Waals surface area contributed by atoms with E-state index in [-0.39, 0.29) is 5.75 Å². The highest BCUT2D eigenvalue weighted by atomic mass is 32.2. The number of nitrogens with one attached hydrogen (secondary N) is 2. The Morgan fingerprint density at radius 1 is 1.10 bits per heavy atom. The van der Waals surface area contributed by atoms with Crippen molar-refractivity contribution in [2.24, 2.45) is 0 Å². The van der Waals surface area contributed by atoms with Gasteiger partial charge in [-0.3, -0.25) is 4.98 Å². The van der Waals surface area contributed by atoms with Gasteiger partial charge < -0.3 is 10.6 Å². The molecule has 154 valence electrons. The maximum absolute atomic E-state index is 11.0. The summed E-state index contributed by atoms with van der Waals surface area (Å²) in [6.07, 6.45) is 6.32. The van der Waals surface area contributed by atoms with Crippen molar-refractivity contribution in [1.82, 2.24) is 4.98 Å². The summed E-state index contributed by atoms with van der Waals surface area (Å²) in [7, 11) is -2.44. The molecule has 1 fully saturated rings. The molecule has 1 aliphatic carbocycles. The van der Waals surface area contributed by atoms with Crippen molar-refractivity contribution in [3.05, 3.63) is 65.4 Å². The molecule has 0 atom stereocenters. The molecule has 1 heterocycles. The largest absolute Gasteiger partial charge is 0.381 e. The highest BCUT2D eigenvalue weighted by Crippen LogP contribution is 2.31. The first-order chi connectivity index (χ1) is 14.6. The lowest BCUT2D eigenvalue weighted by Gasteiger charge is -2.17. The van der Waals surface area contributed by atoms with Gasteiger partial charge in [0, 0.05) is 29.9 Å². The Kier molecular flexibility index (Phi) is 6.15. The molecule has 0 amide bonds. The molecular formula is C23H24N4O2S. The Morgan fingerprint density at radius 3 is 2.67 bits per heavy atom. The number of benzene rings is 2. The maximum atomic E-state index is 11.0. The van der Waals surface area contributed by atoms with Gasteiger partial charge in [0.1, 0.15) is 16.8 Å². The third-order valence-electron chi connectivity index (χ3n) is 5.49. The second-order valence-corrected chi connectivity index (χ2v) is 8.66. The molecule has 2 N–H and O–H groups in total. The van der Waals surface area contributed by atoms with Gasteiger partial charge in [0.25, 0.3) is 0 Å². The number of nitrogens with zero attached hydrogens (tertiary/aromatic N) is 2. The Morgan fingerprint density at radius 2 is 1.90 bits per heavy atom. The fraction of sp³-hybridized carbons (Fsp3) is 0.304.